The van der Waals surface area contributed by atoms with Gasteiger partial charge in [-0.3, -0.25) is 0 Å². The summed E-state index contributed by atoms with van der Waals surface area (Å²) >= 11 is 3.76. The Morgan fingerprint density at radius 2 is 2.00 bits per heavy atom. The van der Waals surface area contributed by atoms with Gasteiger partial charge in [-0.15, -0.1) is 0 Å². The third kappa shape index (κ3) is 1.28. The van der Waals surface area contributed by atoms with Crippen LogP contribution in [0.15, 0.2) is 16.6 Å². The zero-order valence-electron chi connectivity index (χ0n) is 9.60. The molecule has 0 saturated heterocycles. The van der Waals surface area contributed by atoms with Crippen molar-refractivity contribution in [2.75, 3.05) is 6.54 Å². The number of benzene rings is 1. The minimum Gasteiger partial charge on any atom is -0.341 e. The molecule has 3 rings (SSSR count). The van der Waals surface area contributed by atoms with Crippen molar-refractivity contribution in [1.29, 1.82) is 0 Å². The number of nitrogens with zero attached hydrogens (tertiary/aromatic N) is 1. The summed E-state index contributed by atoms with van der Waals surface area (Å²) in [7, 11) is 0. The van der Waals surface area contributed by atoms with Gasteiger partial charge in [0, 0.05) is 35.2 Å². The molecule has 1 aromatic carbocycles. The second-order valence-corrected chi connectivity index (χ2v) is 5.31. The lowest BCUT2D eigenvalue weighted by Crippen LogP contribution is -2.27. The van der Waals surface area contributed by atoms with E-state index in [1.54, 1.807) is 0 Å². The van der Waals surface area contributed by atoms with E-state index in [1.807, 2.05) is 0 Å². The zero-order valence-corrected chi connectivity index (χ0v) is 11.2. The lowest BCUT2D eigenvalue weighted by atomic mass is 10.1. The lowest BCUT2D eigenvalue weighted by Gasteiger charge is -2.18. The first-order valence-corrected chi connectivity index (χ1v) is 6.47. The summed E-state index contributed by atoms with van der Waals surface area (Å²) in [6, 6.07) is 4.43. The lowest BCUT2D eigenvalue weighted by molar-refractivity contribution is 0.524. The maximum absolute atomic E-state index is 3.76. The molecular formula is C13H15BrN2. The van der Waals surface area contributed by atoms with Crippen LogP contribution in [0.4, 0.5) is 0 Å². The van der Waals surface area contributed by atoms with Crippen LogP contribution in [-0.4, -0.2) is 11.1 Å². The molecule has 1 N–H and O–H groups in total. The second-order valence-electron chi connectivity index (χ2n) is 4.51. The standard InChI is InChI=1S/C13H15BrN2/c1-8-3-4-9(2)13-11(8)12(14)10-7-15-5-6-16(10)13/h3-4,15H,5-7H2,1-2H3. The summed E-state index contributed by atoms with van der Waals surface area (Å²) in [5, 5.41) is 4.82. The van der Waals surface area contributed by atoms with Gasteiger partial charge in [-0.05, 0) is 40.9 Å². The van der Waals surface area contributed by atoms with Gasteiger partial charge in [-0.2, -0.15) is 0 Å². The fourth-order valence-electron chi connectivity index (χ4n) is 2.64. The van der Waals surface area contributed by atoms with Crippen molar-refractivity contribution in [3.63, 3.8) is 0 Å². The Kier molecular flexibility index (Phi) is 2.33. The summed E-state index contributed by atoms with van der Waals surface area (Å²) in [4.78, 5) is 0. The minimum absolute atomic E-state index is 0.966. The van der Waals surface area contributed by atoms with Crippen molar-refractivity contribution in [2.45, 2.75) is 26.9 Å². The summed E-state index contributed by atoms with van der Waals surface area (Å²) in [6.45, 7) is 7.49. The molecule has 16 heavy (non-hydrogen) atoms. The second kappa shape index (κ2) is 3.60. The topological polar surface area (TPSA) is 17.0 Å². The normalized spacial score (nSPS) is 15.4. The smallest absolute Gasteiger partial charge is 0.0527 e. The number of rotatable bonds is 0. The van der Waals surface area contributed by atoms with Crippen molar-refractivity contribution in [1.82, 2.24) is 9.88 Å². The summed E-state index contributed by atoms with van der Waals surface area (Å²) in [5.74, 6) is 0. The number of hydrogen-bond acceptors (Lipinski definition) is 1. The fraction of sp³-hybridized carbons (Fsp3) is 0.385. The molecule has 2 heterocycles. The van der Waals surface area contributed by atoms with E-state index >= 15 is 0 Å². The molecule has 1 aliphatic heterocycles. The molecule has 84 valence electrons. The maximum atomic E-state index is 3.76. The van der Waals surface area contributed by atoms with Gasteiger partial charge in [0.2, 0.25) is 0 Å². The van der Waals surface area contributed by atoms with Crippen molar-refractivity contribution in [3.05, 3.63) is 33.4 Å². The Balaban J connectivity index is 2.48. The van der Waals surface area contributed by atoms with Gasteiger partial charge in [0.05, 0.1) is 5.52 Å². The molecule has 0 aliphatic carbocycles. The summed E-state index contributed by atoms with van der Waals surface area (Å²) < 4.78 is 3.73. The highest BCUT2D eigenvalue weighted by Gasteiger charge is 2.20. The first kappa shape index (κ1) is 10.4. The number of fused-ring (bicyclic) bond motifs is 3. The molecule has 2 nitrogen and oxygen atoms in total. The van der Waals surface area contributed by atoms with Gasteiger partial charge in [-0.1, -0.05) is 12.1 Å². The van der Waals surface area contributed by atoms with Crippen molar-refractivity contribution < 1.29 is 0 Å². The van der Waals surface area contributed by atoms with E-state index in [9.17, 15) is 0 Å². The van der Waals surface area contributed by atoms with Gasteiger partial charge in [-0.25, -0.2) is 0 Å². The molecule has 0 bridgehead atoms. The third-order valence-corrected chi connectivity index (χ3v) is 4.32. The average molecular weight is 279 g/mol. The fourth-order valence-corrected chi connectivity index (χ4v) is 3.49. The van der Waals surface area contributed by atoms with Crippen LogP contribution in [0.1, 0.15) is 16.8 Å². The van der Waals surface area contributed by atoms with Crippen LogP contribution in [0.3, 0.4) is 0 Å². The van der Waals surface area contributed by atoms with Crippen LogP contribution >= 0.6 is 15.9 Å². The predicted molar refractivity (Wildman–Crippen MR) is 70.8 cm³/mol. The van der Waals surface area contributed by atoms with Gasteiger partial charge in [0.1, 0.15) is 0 Å². The number of aryl methyl sites for hydroxylation is 2. The maximum Gasteiger partial charge on any atom is 0.0527 e. The van der Waals surface area contributed by atoms with Crippen LogP contribution in [-0.2, 0) is 13.1 Å². The van der Waals surface area contributed by atoms with Crippen LogP contribution in [0, 0.1) is 13.8 Å². The SMILES string of the molecule is Cc1ccc(C)c2c1c(Br)c1n2CCNC1. The Morgan fingerprint density at radius 1 is 1.25 bits per heavy atom. The first-order chi connectivity index (χ1) is 7.70. The molecule has 0 amide bonds. The van der Waals surface area contributed by atoms with Crippen molar-refractivity contribution >= 4 is 26.8 Å². The minimum atomic E-state index is 0.966. The molecule has 0 spiro atoms. The molecule has 0 fully saturated rings. The van der Waals surface area contributed by atoms with Gasteiger partial charge in [0.15, 0.2) is 0 Å². The van der Waals surface area contributed by atoms with E-state index in [1.165, 1.54) is 32.2 Å². The molecule has 0 radical (unpaired) electrons. The molecule has 0 atom stereocenters. The first-order valence-electron chi connectivity index (χ1n) is 5.67. The van der Waals surface area contributed by atoms with Gasteiger partial charge >= 0.3 is 0 Å². The Morgan fingerprint density at radius 3 is 2.81 bits per heavy atom. The number of aromatic nitrogens is 1. The van der Waals surface area contributed by atoms with E-state index in [0.29, 0.717) is 0 Å². The summed E-state index contributed by atoms with van der Waals surface area (Å²) in [5.41, 5.74) is 5.52. The average Bonchev–Trinajstić information content (AvgIpc) is 2.60. The molecule has 2 aromatic rings. The summed E-state index contributed by atoms with van der Waals surface area (Å²) in [6.07, 6.45) is 0. The van der Waals surface area contributed by atoms with E-state index in [4.69, 9.17) is 0 Å². The number of nitrogens with one attached hydrogen (secondary N) is 1. The van der Waals surface area contributed by atoms with Crippen LogP contribution in [0.5, 0.6) is 0 Å². The highest BCUT2D eigenvalue weighted by Crippen LogP contribution is 2.35. The van der Waals surface area contributed by atoms with Gasteiger partial charge < -0.3 is 9.88 Å². The van der Waals surface area contributed by atoms with Crippen molar-refractivity contribution in [2.24, 2.45) is 0 Å². The highest BCUT2D eigenvalue weighted by atomic mass is 79.9. The largest absolute Gasteiger partial charge is 0.341 e. The van der Waals surface area contributed by atoms with E-state index in [0.717, 1.165) is 19.6 Å². The van der Waals surface area contributed by atoms with Crippen LogP contribution in [0.2, 0.25) is 0 Å². The van der Waals surface area contributed by atoms with Crippen molar-refractivity contribution in [3.8, 4) is 0 Å². The Hall–Kier alpha value is -0.800. The number of halogens is 1. The molecular weight excluding hydrogens is 264 g/mol. The molecule has 3 heteroatoms. The molecule has 1 aliphatic rings. The molecule has 1 aromatic heterocycles. The van der Waals surface area contributed by atoms with E-state index in [2.05, 4.69) is 51.8 Å². The number of hydrogen-bond donors (Lipinski definition) is 1. The monoisotopic (exact) mass is 278 g/mol. The predicted octanol–water partition coefficient (Wildman–Crippen LogP) is 3.12. The van der Waals surface area contributed by atoms with Gasteiger partial charge in [0.25, 0.3) is 0 Å². The van der Waals surface area contributed by atoms with Crippen LogP contribution in [0.25, 0.3) is 10.9 Å². The van der Waals surface area contributed by atoms with E-state index < -0.39 is 0 Å². The van der Waals surface area contributed by atoms with Crippen LogP contribution < -0.4 is 5.32 Å². The molecule has 0 unspecified atom stereocenters. The van der Waals surface area contributed by atoms with E-state index in [-0.39, 0.29) is 0 Å². The molecule has 0 saturated carbocycles. The Bertz CT molecular complexity index is 569. The quantitative estimate of drug-likeness (QED) is 0.784. The third-order valence-electron chi connectivity index (χ3n) is 3.46. The Labute approximate surface area is 104 Å². The zero-order chi connectivity index (χ0) is 11.3. The highest BCUT2D eigenvalue weighted by molar-refractivity contribution is 9.10.